The number of hydrogen-bond donors (Lipinski definition) is 0. The molecule has 2 aliphatic rings. The summed E-state index contributed by atoms with van der Waals surface area (Å²) in [6.07, 6.45) is 17.8. The van der Waals surface area contributed by atoms with Crippen LogP contribution in [0.5, 0.6) is 0 Å². The molecule has 0 radical (unpaired) electrons. The van der Waals surface area contributed by atoms with E-state index in [1.807, 2.05) is 0 Å². The zero-order valence-electron chi connectivity index (χ0n) is 13.2. The summed E-state index contributed by atoms with van der Waals surface area (Å²) in [7, 11) is 0.190. The van der Waals surface area contributed by atoms with Crippen LogP contribution in [0.3, 0.4) is 0 Å². The lowest BCUT2D eigenvalue weighted by molar-refractivity contribution is 0.486. The molecule has 0 aromatic rings. The lowest BCUT2D eigenvalue weighted by atomic mass is 9.99. The number of hydrogen-bond acceptors (Lipinski definition) is 0. The molecule has 0 bridgehead atoms. The summed E-state index contributed by atoms with van der Waals surface area (Å²) in [5, 5.41) is 0. The molecule has 0 atom stereocenters. The Morgan fingerprint density at radius 2 is 1.21 bits per heavy atom. The van der Waals surface area contributed by atoms with E-state index in [4.69, 9.17) is 0 Å². The Bertz CT molecular complexity index is 245. The topological polar surface area (TPSA) is 0 Å². The molecule has 0 aliphatic heterocycles. The van der Waals surface area contributed by atoms with Gasteiger partial charge in [0, 0.05) is 0 Å². The van der Waals surface area contributed by atoms with Gasteiger partial charge in [0.05, 0.1) is 0 Å². The van der Waals surface area contributed by atoms with Crippen molar-refractivity contribution in [1.29, 1.82) is 0 Å². The molecule has 2 aliphatic carbocycles. The van der Waals surface area contributed by atoms with Crippen LogP contribution in [0, 0.1) is 0 Å². The third-order valence-electron chi connectivity index (χ3n) is 5.23. The van der Waals surface area contributed by atoms with Gasteiger partial charge in [-0.25, -0.2) is 0 Å². The van der Waals surface area contributed by atoms with Crippen LogP contribution in [0.1, 0.15) is 90.9 Å². The van der Waals surface area contributed by atoms with E-state index >= 15 is 0 Å². The van der Waals surface area contributed by atoms with Gasteiger partial charge in [0.2, 0.25) is 0 Å². The molecule has 2 saturated carbocycles. The first kappa shape index (κ1) is 15.6. The fraction of sp³-hybridized carbons (Fsp3) is 0.889. The second-order valence-corrected chi connectivity index (χ2v) is 9.14. The molecule has 0 nitrogen and oxygen atoms in total. The molecular formula is C18H33P. The highest BCUT2D eigenvalue weighted by molar-refractivity contribution is 7.62. The highest BCUT2D eigenvalue weighted by atomic mass is 31.1. The molecule has 0 heterocycles. The molecule has 2 rings (SSSR count). The van der Waals surface area contributed by atoms with Crippen molar-refractivity contribution in [2.45, 2.75) is 102 Å². The van der Waals surface area contributed by atoms with E-state index in [-0.39, 0.29) is 7.92 Å². The first-order chi connectivity index (χ1) is 9.35. The Balaban J connectivity index is 2.08. The summed E-state index contributed by atoms with van der Waals surface area (Å²) in [6, 6.07) is 0. The molecule has 19 heavy (non-hydrogen) atoms. The molecular weight excluding hydrogens is 247 g/mol. The van der Waals surface area contributed by atoms with Gasteiger partial charge >= 0.3 is 0 Å². The number of rotatable bonds is 5. The van der Waals surface area contributed by atoms with Crippen LogP contribution in [0.4, 0.5) is 0 Å². The molecule has 0 saturated heterocycles. The van der Waals surface area contributed by atoms with Gasteiger partial charge in [0.1, 0.15) is 0 Å². The lowest BCUT2D eigenvalue weighted by Gasteiger charge is -2.37. The van der Waals surface area contributed by atoms with Gasteiger partial charge in [-0.05, 0) is 49.8 Å². The van der Waals surface area contributed by atoms with Crippen molar-refractivity contribution >= 4 is 7.92 Å². The van der Waals surface area contributed by atoms with E-state index in [0.29, 0.717) is 0 Å². The van der Waals surface area contributed by atoms with Crippen molar-refractivity contribution in [3.05, 3.63) is 11.4 Å². The Labute approximate surface area is 122 Å². The molecule has 2 fully saturated rings. The molecule has 0 spiro atoms. The number of allylic oxidation sites excluding steroid dienone is 1. The van der Waals surface area contributed by atoms with E-state index in [1.54, 1.807) is 31.3 Å². The van der Waals surface area contributed by atoms with Crippen LogP contribution in [0.15, 0.2) is 11.4 Å². The SMILES string of the molecule is CCC(=CP(C1CCCCC1)C1CCCCC1)CC. The minimum absolute atomic E-state index is 0.190. The quantitative estimate of drug-likeness (QED) is 0.484. The lowest BCUT2D eigenvalue weighted by Crippen LogP contribution is -2.19. The smallest absolute Gasteiger partial charge is 0.0172 e. The van der Waals surface area contributed by atoms with E-state index in [2.05, 4.69) is 19.7 Å². The average molecular weight is 280 g/mol. The first-order valence-electron chi connectivity index (χ1n) is 8.82. The third kappa shape index (κ3) is 4.59. The zero-order chi connectivity index (χ0) is 13.5. The van der Waals surface area contributed by atoms with Crippen LogP contribution < -0.4 is 0 Å². The second-order valence-electron chi connectivity index (χ2n) is 6.53. The monoisotopic (exact) mass is 280 g/mol. The van der Waals surface area contributed by atoms with Gasteiger partial charge in [-0.2, -0.15) is 0 Å². The second kappa shape index (κ2) is 8.46. The summed E-state index contributed by atoms with van der Waals surface area (Å²) in [6.45, 7) is 4.70. The fourth-order valence-electron chi connectivity index (χ4n) is 3.91. The van der Waals surface area contributed by atoms with Crippen LogP contribution in [-0.4, -0.2) is 11.3 Å². The summed E-state index contributed by atoms with van der Waals surface area (Å²) < 4.78 is 0. The zero-order valence-corrected chi connectivity index (χ0v) is 14.1. The van der Waals surface area contributed by atoms with E-state index in [0.717, 1.165) is 11.3 Å². The van der Waals surface area contributed by atoms with Gasteiger partial charge in [-0.1, -0.05) is 71.7 Å². The Morgan fingerprint density at radius 3 is 1.58 bits per heavy atom. The normalized spacial score (nSPS) is 22.7. The van der Waals surface area contributed by atoms with Gasteiger partial charge in [0.25, 0.3) is 0 Å². The molecule has 1 heteroatoms. The van der Waals surface area contributed by atoms with Crippen molar-refractivity contribution in [2.24, 2.45) is 0 Å². The Morgan fingerprint density at radius 1 is 0.789 bits per heavy atom. The maximum Gasteiger partial charge on any atom is -0.0172 e. The Kier molecular flexibility index (Phi) is 6.92. The minimum atomic E-state index is 0.190. The van der Waals surface area contributed by atoms with Gasteiger partial charge in [0.15, 0.2) is 0 Å². The van der Waals surface area contributed by atoms with Crippen molar-refractivity contribution in [1.82, 2.24) is 0 Å². The highest BCUT2D eigenvalue weighted by Gasteiger charge is 2.29. The standard InChI is InChI=1S/C18H33P/c1-3-16(4-2)15-19(17-11-7-5-8-12-17)18-13-9-6-10-14-18/h15,17-18H,3-14H2,1-2H3. The Hall–Kier alpha value is 0.170. The van der Waals surface area contributed by atoms with Crippen LogP contribution in [0.2, 0.25) is 0 Å². The first-order valence-corrected chi connectivity index (χ1v) is 10.4. The summed E-state index contributed by atoms with van der Waals surface area (Å²) in [5.41, 5.74) is 3.92. The van der Waals surface area contributed by atoms with Gasteiger partial charge in [-0.15, -0.1) is 0 Å². The average Bonchev–Trinajstić information content (AvgIpc) is 2.50. The van der Waals surface area contributed by atoms with Crippen LogP contribution >= 0.6 is 7.92 Å². The van der Waals surface area contributed by atoms with Crippen molar-refractivity contribution in [3.8, 4) is 0 Å². The fourth-order valence-corrected chi connectivity index (χ4v) is 7.64. The third-order valence-corrected chi connectivity index (χ3v) is 8.62. The van der Waals surface area contributed by atoms with Crippen molar-refractivity contribution in [2.75, 3.05) is 0 Å². The minimum Gasteiger partial charge on any atom is -0.0769 e. The molecule has 0 amide bonds. The van der Waals surface area contributed by atoms with Crippen LogP contribution in [0.25, 0.3) is 0 Å². The molecule has 110 valence electrons. The summed E-state index contributed by atoms with van der Waals surface area (Å²) in [5.74, 6) is 2.81. The van der Waals surface area contributed by atoms with E-state index in [9.17, 15) is 0 Å². The largest absolute Gasteiger partial charge is 0.0769 e. The molecule has 0 N–H and O–H groups in total. The summed E-state index contributed by atoms with van der Waals surface area (Å²) in [4.78, 5) is 0. The van der Waals surface area contributed by atoms with Crippen LogP contribution in [-0.2, 0) is 0 Å². The predicted molar refractivity (Wildman–Crippen MR) is 89.3 cm³/mol. The molecule has 0 aromatic heterocycles. The van der Waals surface area contributed by atoms with Gasteiger partial charge in [-0.3, -0.25) is 0 Å². The maximum atomic E-state index is 2.81. The van der Waals surface area contributed by atoms with Crippen molar-refractivity contribution < 1.29 is 0 Å². The predicted octanol–water partition coefficient (Wildman–Crippen LogP) is 6.84. The highest BCUT2D eigenvalue weighted by Crippen LogP contribution is 2.57. The van der Waals surface area contributed by atoms with Gasteiger partial charge < -0.3 is 0 Å². The maximum absolute atomic E-state index is 2.81. The molecule has 0 aromatic carbocycles. The summed E-state index contributed by atoms with van der Waals surface area (Å²) >= 11 is 0. The van der Waals surface area contributed by atoms with E-state index in [1.165, 1.54) is 51.4 Å². The van der Waals surface area contributed by atoms with E-state index < -0.39 is 0 Å². The van der Waals surface area contributed by atoms with Crippen molar-refractivity contribution in [3.63, 3.8) is 0 Å². The molecule has 0 unspecified atom stereocenters.